The van der Waals surface area contributed by atoms with Gasteiger partial charge >= 0.3 is 0 Å². The normalized spacial score (nSPS) is 42.2. The maximum Gasteiger partial charge on any atom is 0.181 e. The molecule has 6 atom stereocenters. The van der Waals surface area contributed by atoms with E-state index in [-0.39, 0.29) is 5.25 Å². The van der Waals surface area contributed by atoms with Gasteiger partial charge in [-0.05, 0) is 61.5 Å². The summed E-state index contributed by atoms with van der Waals surface area (Å²) in [5, 5.41) is -0.173. The van der Waals surface area contributed by atoms with Crippen LogP contribution in [0.5, 0.6) is 0 Å². The van der Waals surface area contributed by atoms with E-state index in [4.69, 9.17) is 0 Å². The predicted molar refractivity (Wildman–Crippen MR) is 86.0 cm³/mol. The summed E-state index contributed by atoms with van der Waals surface area (Å²) < 4.78 is 26.3. The highest BCUT2D eigenvalue weighted by molar-refractivity contribution is 7.92. The minimum Gasteiger partial charge on any atom is -0.223 e. The summed E-state index contributed by atoms with van der Waals surface area (Å²) in [6, 6.07) is 9.10. The first-order valence-electron chi connectivity index (χ1n) is 8.62. The zero-order valence-corrected chi connectivity index (χ0v) is 13.7. The van der Waals surface area contributed by atoms with Crippen LogP contribution in [0.3, 0.4) is 0 Å². The Balaban J connectivity index is 1.59. The van der Waals surface area contributed by atoms with Gasteiger partial charge in [-0.1, -0.05) is 36.3 Å². The van der Waals surface area contributed by atoms with Crippen molar-refractivity contribution in [2.75, 3.05) is 0 Å². The molecule has 0 unspecified atom stereocenters. The van der Waals surface area contributed by atoms with Crippen LogP contribution in [0.25, 0.3) is 0 Å². The summed E-state index contributed by atoms with van der Waals surface area (Å²) in [7, 11) is -3.19. The van der Waals surface area contributed by atoms with Crippen LogP contribution in [0.15, 0.2) is 46.4 Å². The number of hydrogen-bond acceptors (Lipinski definition) is 2. The van der Waals surface area contributed by atoms with Gasteiger partial charge in [-0.3, -0.25) is 0 Å². The fourth-order valence-electron chi connectivity index (χ4n) is 6.20. The molecule has 0 aromatic heterocycles. The Bertz CT molecular complexity index is 762. The number of hydrogen-bond donors (Lipinski definition) is 0. The monoisotopic (exact) mass is 314 g/mol. The lowest BCUT2D eigenvalue weighted by Crippen LogP contribution is -2.31. The fraction of sp³-hybridized carbons (Fsp3) is 0.579. The molecule has 2 nitrogen and oxygen atoms in total. The first kappa shape index (κ1) is 13.4. The van der Waals surface area contributed by atoms with E-state index in [1.165, 1.54) is 19.3 Å². The van der Waals surface area contributed by atoms with Crippen molar-refractivity contribution in [3.63, 3.8) is 0 Å². The second-order valence-corrected chi connectivity index (χ2v) is 9.91. The van der Waals surface area contributed by atoms with Crippen molar-refractivity contribution >= 4 is 9.84 Å². The zero-order chi connectivity index (χ0) is 15.1. The van der Waals surface area contributed by atoms with Crippen molar-refractivity contribution in [3.05, 3.63) is 41.5 Å². The van der Waals surface area contributed by atoms with Crippen LogP contribution in [-0.4, -0.2) is 13.7 Å². The van der Waals surface area contributed by atoms with Gasteiger partial charge in [-0.2, -0.15) is 0 Å². The maximum absolute atomic E-state index is 13.1. The fourth-order valence-corrected chi connectivity index (χ4v) is 8.33. The van der Waals surface area contributed by atoms with E-state index < -0.39 is 9.84 Å². The molecule has 2 saturated carbocycles. The van der Waals surface area contributed by atoms with Crippen molar-refractivity contribution in [1.82, 2.24) is 0 Å². The molecule has 0 N–H and O–H groups in total. The van der Waals surface area contributed by atoms with Crippen LogP contribution in [-0.2, 0) is 9.84 Å². The van der Waals surface area contributed by atoms with Crippen LogP contribution in [0.2, 0.25) is 0 Å². The molecule has 1 aromatic rings. The Hall–Kier alpha value is -1.09. The number of rotatable bonds is 2. The van der Waals surface area contributed by atoms with Crippen molar-refractivity contribution in [1.29, 1.82) is 0 Å². The highest BCUT2D eigenvalue weighted by Crippen LogP contribution is 2.66. The van der Waals surface area contributed by atoms with Crippen LogP contribution >= 0.6 is 0 Å². The molecule has 0 amide bonds. The SMILES string of the molecule is C[C@@H]1[C@@H]2C3=C([C@H]4CC[C@H]3C4)[C@@H]1C[C@@H]2S(=O)(=O)c1ccccc1. The molecule has 4 bridgehead atoms. The van der Waals surface area contributed by atoms with E-state index in [9.17, 15) is 8.42 Å². The third-order valence-electron chi connectivity index (χ3n) is 6.96. The van der Waals surface area contributed by atoms with Gasteiger partial charge in [0.1, 0.15) is 0 Å². The average molecular weight is 314 g/mol. The Morgan fingerprint density at radius 3 is 2.36 bits per heavy atom. The van der Waals surface area contributed by atoms with Crippen LogP contribution in [0.1, 0.15) is 32.6 Å². The molecular formula is C19H22O2S. The van der Waals surface area contributed by atoms with E-state index in [1.807, 2.05) is 18.2 Å². The van der Waals surface area contributed by atoms with Gasteiger partial charge in [0.15, 0.2) is 9.84 Å². The molecule has 0 spiro atoms. The summed E-state index contributed by atoms with van der Waals surface area (Å²) in [4.78, 5) is 0.519. The summed E-state index contributed by atoms with van der Waals surface area (Å²) in [6.45, 7) is 2.30. The number of benzene rings is 1. The zero-order valence-electron chi connectivity index (χ0n) is 12.9. The highest BCUT2D eigenvalue weighted by Gasteiger charge is 2.60. The number of sulfone groups is 1. The van der Waals surface area contributed by atoms with Gasteiger partial charge in [0.25, 0.3) is 0 Å². The molecule has 2 fully saturated rings. The largest absolute Gasteiger partial charge is 0.223 e. The van der Waals surface area contributed by atoms with Gasteiger partial charge in [0, 0.05) is 5.92 Å². The Morgan fingerprint density at radius 2 is 1.64 bits per heavy atom. The lowest BCUT2D eigenvalue weighted by Gasteiger charge is -2.30. The van der Waals surface area contributed by atoms with Crippen LogP contribution in [0, 0.1) is 29.6 Å². The van der Waals surface area contributed by atoms with Crippen LogP contribution in [0.4, 0.5) is 0 Å². The Labute approximate surface area is 132 Å². The minimum atomic E-state index is -3.19. The quantitative estimate of drug-likeness (QED) is 0.614. The molecule has 5 rings (SSSR count). The van der Waals surface area contributed by atoms with Gasteiger partial charge in [0.2, 0.25) is 0 Å². The Kier molecular flexibility index (Phi) is 2.58. The van der Waals surface area contributed by atoms with Gasteiger partial charge in [-0.15, -0.1) is 0 Å². The third kappa shape index (κ3) is 1.49. The molecule has 4 aliphatic carbocycles. The van der Waals surface area contributed by atoms with Gasteiger partial charge in [0.05, 0.1) is 10.1 Å². The van der Waals surface area contributed by atoms with Crippen molar-refractivity contribution in [2.24, 2.45) is 29.6 Å². The molecule has 0 saturated heterocycles. The van der Waals surface area contributed by atoms with E-state index in [0.29, 0.717) is 28.6 Å². The van der Waals surface area contributed by atoms with E-state index in [0.717, 1.165) is 12.3 Å². The summed E-state index contributed by atoms with van der Waals surface area (Å²) in [5.74, 6) is 2.92. The first-order valence-corrected chi connectivity index (χ1v) is 10.2. The molecule has 22 heavy (non-hydrogen) atoms. The molecule has 3 heteroatoms. The second-order valence-electron chi connectivity index (χ2n) is 7.74. The predicted octanol–water partition coefficient (Wildman–Crippen LogP) is 3.84. The summed E-state index contributed by atoms with van der Waals surface area (Å²) in [5.41, 5.74) is 3.32. The van der Waals surface area contributed by atoms with Crippen LogP contribution < -0.4 is 0 Å². The molecule has 0 radical (unpaired) electrons. The van der Waals surface area contributed by atoms with Gasteiger partial charge in [-0.25, -0.2) is 8.42 Å². The number of fused-ring (bicyclic) bond motifs is 8. The van der Waals surface area contributed by atoms with Crippen molar-refractivity contribution in [3.8, 4) is 0 Å². The molecule has 4 aliphatic rings. The lowest BCUT2D eigenvalue weighted by atomic mass is 9.82. The summed E-state index contributed by atoms with van der Waals surface area (Å²) in [6.07, 6.45) is 4.85. The third-order valence-corrected chi connectivity index (χ3v) is 9.17. The minimum absolute atomic E-state index is 0.173. The van der Waals surface area contributed by atoms with E-state index in [2.05, 4.69) is 6.92 Å². The summed E-state index contributed by atoms with van der Waals surface area (Å²) >= 11 is 0. The lowest BCUT2D eigenvalue weighted by molar-refractivity contribution is 0.410. The molecule has 116 valence electrons. The smallest absolute Gasteiger partial charge is 0.181 e. The first-order chi connectivity index (χ1) is 10.6. The number of allylic oxidation sites excluding steroid dienone is 2. The molecule has 0 heterocycles. The van der Waals surface area contributed by atoms with E-state index >= 15 is 0 Å². The highest BCUT2D eigenvalue weighted by atomic mass is 32.2. The van der Waals surface area contributed by atoms with Gasteiger partial charge < -0.3 is 0 Å². The van der Waals surface area contributed by atoms with E-state index in [1.54, 1.807) is 23.3 Å². The second kappa shape index (κ2) is 4.25. The van der Waals surface area contributed by atoms with Crippen molar-refractivity contribution < 1.29 is 8.42 Å². The topological polar surface area (TPSA) is 34.1 Å². The maximum atomic E-state index is 13.1. The van der Waals surface area contributed by atoms with Crippen molar-refractivity contribution in [2.45, 2.75) is 42.8 Å². The Morgan fingerprint density at radius 1 is 0.955 bits per heavy atom. The molecule has 0 aliphatic heterocycles. The standard InChI is InChI=1S/C19H22O2S/c1-11-15-10-16(22(20,21)14-5-3-2-4-6-14)17(11)19-13-8-7-12(9-13)18(15)19/h2-6,11-13,15-17H,7-10H2,1H3/t11-,12-,13-,15+,16-,17-/m0/s1. The average Bonchev–Trinajstić information content (AvgIpc) is 3.27. The molecule has 1 aromatic carbocycles. The molecular weight excluding hydrogens is 292 g/mol.